The lowest BCUT2D eigenvalue weighted by Gasteiger charge is -2.38. The summed E-state index contributed by atoms with van der Waals surface area (Å²) in [5, 5.41) is 12.6. The summed E-state index contributed by atoms with van der Waals surface area (Å²) in [6.07, 6.45) is 5.71. The van der Waals surface area contributed by atoms with Crippen molar-refractivity contribution in [3.05, 3.63) is 10.6 Å². The minimum Gasteiger partial charge on any atom is -0.481 e. The van der Waals surface area contributed by atoms with Crippen LogP contribution >= 0.6 is 0 Å². The summed E-state index contributed by atoms with van der Waals surface area (Å²) in [5.74, 6) is -0.104. The molecule has 3 saturated heterocycles. The fraction of sp³-hybridized carbons (Fsp3) is 0.826. The molecule has 3 fully saturated rings. The number of H-pyrrole nitrogens is 1. The van der Waals surface area contributed by atoms with Gasteiger partial charge in [-0.1, -0.05) is 12.8 Å². The molecule has 1 amide bonds. The van der Waals surface area contributed by atoms with E-state index in [0.29, 0.717) is 24.8 Å². The van der Waals surface area contributed by atoms with Gasteiger partial charge in [-0.05, 0) is 50.2 Å². The van der Waals surface area contributed by atoms with E-state index in [1.165, 1.54) is 0 Å². The molecular formula is C23H38N6O6. The highest BCUT2D eigenvalue weighted by atomic mass is 16.6. The molecule has 0 saturated carbocycles. The van der Waals surface area contributed by atoms with Crippen LogP contribution in [0.15, 0.2) is 9.32 Å². The van der Waals surface area contributed by atoms with Crippen molar-refractivity contribution in [2.75, 3.05) is 57.3 Å². The molecule has 2 atom stereocenters. The highest BCUT2D eigenvalue weighted by Crippen LogP contribution is 2.27. The van der Waals surface area contributed by atoms with Crippen molar-refractivity contribution in [2.45, 2.75) is 64.1 Å². The van der Waals surface area contributed by atoms with E-state index in [1.807, 2.05) is 4.90 Å². The van der Waals surface area contributed by atoms with Gasteiger partial charge in [0, 0.05) is 52.2 Å². The fourth-order valence-corrected chi connectivity index (χ4v) is 5.47. The van der Waals surface area contributed by atoms with Crippen LogP contribution in [-0.4, -0.2) is 107 Å². The highest BCUT2D eigenvalue weighted by molar-refractivity contribution is 5.70. The van der Waals surface area contributed by atoms with E-state index < -0.39 is 11.7 Å². The van der Waals surface area contributed by atoms with Gasteiger partial charge in [0.2, 0.25) is 5.95 Å². The Morgan fingerprint density at radius 3 is 2.46 bits per heavy atom. The number of carboxylic acid groups (broad SMARTS) is 1. The summed E-state index contributed by atoms with van der Waals surface area (Å²) in [6, 6.07) is 0.0221. The van der Waals surface area contributed by atoms with E-state index in [1.54, 1.807) is 0 Å². The number of hydrogen-bond acceptors (Lipinski definition) is 9. The van der Waals surface area contributed by atoms with Crippen molar-refractivity contribution >= 4 is 18.0 Å². The number of cyclic esters (lactones) is 1. The first-order chi connectivity index (χ1) is 16.9. The molecule has 0 spiro atoms. The van der Waals surface area contributed by atoms with Gasteiger partial charge < -0.3 is 24.5 Å². The van der Waals surface area contributed by atoms with Crippen LogP contribution in [0.25, 0.3) is 0 Å². The molecule has 2 unspecified atom stereocenters. The van der Waals surface area contributed by atoms with Crippen molar-refractivity contribution in [1.82, 2.24) is 24.8 Å². The number of carboxylic acids is 1. The molecule has 3 aliphatic rings. The number of nitrogens with one attached hydrogen (secondary N) is 1. The molecule has 0 bridgehead atoms. The van der Waals surface area contributed by atoms with Crippen molar-refractivity contribution in [3.8, 4) is 0 Å². The standard InChI is InChI=1S/C23H38N6O6/c1-17-20(27-15-13-26(14-16-27)9-4-6-19(30)31)34-23(33)29(17)10-3-2-5-18-7-11-28(12-8-18)21-24-22(32)35-25-21/h17-18,20H,2-16H2,1H3,(H,30,31)(H,24,25,32). The van der Waals surface area contributed by atoms with Crippen molar-refractivity contribution in [2.24, 2.45) is 5.92 Å². The molecule has 12 heteroatoms. The number of aromatic amines is 1. The topological polar surface area (TPSA) is 135 Å². The van der Waals surface area contributed by atoms with Crippen LogP contribution < -0.4 is 10.7 Å². The predicted molar refractivity (Wildman–Crippen MR) is 127 cm³/mol. The SMILES string of the molecule is CC1C(N2CCN(CCCC(=O)O)CC2)OC(=O)N1CCCCC1CCN(c2noc(=O)[nH]2)CC1. The number of nitrogens with zero attached hydrogens (tertiary/aromatic N) is 5. The number of rotatable bonds is 11. The Balaban J connectivity index is 1.12. The monoisotopic (exact) mass is 494 g/mol. The summed E-state index contributed by atoms with van der Waals surface area (Å²) < 4.78 is 10.3. The predicted octanol–water partition coefficient (Wildman–Crippen LogP) is 1.40. The molecule has 0 radical (unpaired) electrons. The van der Waals surface area contributed by atoms with Gasteiger partial charge in [-0.2, -0.15) is 0 Å². The Bertz CT molecular complexity index is 889. The number of unbranched alkanes of at least 4 members (excludes halogenated alkanes) is 1. The molecule has 3 aliphatic heterocycles. The molecule has 1 aromatic rings. The number of amides is 1. The van der Waals surface area contributed by atoms with Gasteiger partial charge in [-0.15, -0.1) is 0 Å². The first-order valence-corrected chi connectivity index (χ1v) is 12.9. The van der Waals surface area contributed by atoms with Gasteiger partial charge in [0.25, 0.3) is 0 Å². The zero-order valence-electron chi connectivity index (χ0n) is 20.6. The van der Waals surface area contributed by atoms with Crippen molar-refractivity contribution < 1.29 is 24.0 Å². The molecule has 4 rings (SSSR count). The number of anilines is 1. The summed E-state index contributed by atoms with van der Waals surface area (Å²) in [7, 11) is 0. The minimum atomic E-state index is -0.748. The van der Waals surface area contributed by atoms with Crippen LogP contribution in [0.3, 0.4) is 0 Å². The molecule has 2 N–H and O–H groups in total. The summed E-state index contributed by atoms with van der Waals surface area (Å²) in [6.45, 7) is 8.68. The van der Waals surface area contributed by atoms with Crippen LogP contribution in [0.4, 0.5) is 10.7 Å². The number of ether oxygens (including phenoxy) is 1. The van der Waals surface area contributed by atoms with Gasteiger partial charge in [0.1, 0.15) is 0 Å². The molecule has 12 nitrogen and oxygen atoms in total. The normalized spacial score (nSPS) is 24.8. The maximum atomic E-state index is 12.5. The molecule has 196 valence electrons. The van der Waals surface area contributed by atoms with E-state index in [-0.39, 0.29) is 24.8 Å². The van der Waals surface area contributed by atoms with Gasteiger partial charge in [-0.25, -0.2) is 9.59 Å². The number of piperidine rings is 1. The third kappa shape index (κ3) is 6.75. The lowest BCUT2D eigenvalue weighted by Crippen LogP contribution is -2.53. The van der Waals surface area contributed by atoms with Crippen LogP contribution in [0.5, 0.6) is 0 Å². The fourth-order valence-electron chi connectivity index (χ4n) is 5.47. The lowest BCUT2D eigenvalue weighted by molar-refractivity contribution is -0.137. The zero-order chi connectivity index (χ0) is 24.8. The number of hydrogen-bond donors (Lipinski definition) is 2. The summed E-state index contributed by atoms with van der Waals surface area (Å²) in [4.78, 5) is 45.4. The molecule has 0 aromatic carbocycles. The second kappa shape index (κ2) is 11.9. The van der Waals surface area contributed by atoms with Gasteiger partial charge in [-0.3, -0.25) is 19.2 Å². The van der Waals surface area contributed by atoms with E-state index in [4.69, 9.17) is 9.84 Å². The second-order valence-corrected chi connectivity index (χ2v) is 9.93. The smallest absolute Gasteiger partial charge is 0.440 e. The average molecular weight is 495 g/mol. The maximum absolute atomic E-state index is 12.5. The van der Waals surface area contributed by atoms with E-state index in [9.17, 15) is 14.4 Å². The highest BCUT2D eigenvalue weighted by Gasteiger charge is 2.42. The van der Waals surface area contributed by atoms with Crippen LogP contribution in [0, 0.1) is 5.92 Å². The molecule has 4 heterocycles. The molecule has 1 aromatic heterocycles. The molecule has 0 aliphatic carbocycles. The number of carbonyl (C=O) groups excluding carboxylic acids is 1. The second-order valence-electron chi connectivity index (χ2n) is 9.93. The minimum absolute atomic E-state index is 0.0221. The van der Waals surface area contributed by atoms with Crippen LogP contribution in [-0.2, 0) is 9.53 Å². The van der Waals surface area contributed by atoms with Gasteiger partial charge in [0.05, 0.1) is 6.04 Å². The Morgan fingerprint density at radius 1 is 1.06 bits per heavy atom. The number of aliphatic carboxylic acids is 1. The molecular weight excluding hydrogens is 456 g/mol. The Kier molecular flexibility index (Phi) is 8.66. The maximum Gasteiger partial charge on any atom is 0.440 e. The lowest BCUT2D eigenvalue weighted by atomic mass is 9.91. The Morgan fingerprint density at radius 2 is 1.80 bits per heavy atom. The van der Waals surface area contributed by atoms with Crippen LogP contribution in [0.2, 0.25) is 0 Å². The first-order valence-electron chi connectivity index (χ1n) is 12.9. The van der Waals surface area contributed by atoms with Crippen LogP contribution in [0.1, 0.15) is 51.9 Å². The summed E-state index contributed by atoms with van der Waals surface area (Å²) >= 11 is 0. The van der Waals surface area contributed by atoms with Gasteiger partial charge >= 0.3 is 17.8 Å². The van der Waals surface area contributed by atoms with Crippen molar-refractivity contribution in [1.29, 1.82) is 0 Å². The van der Waals surface area contributed by atoms with E-state index in [0.717, 1.165) is 77.9 Å². The van der Waals surface area contributed by atoms with E-state index >= 15 is 0 Å². The average Bonchev–Trinajstić information content (AvgIpc) is 3.40. The first kappa shape index (κ1) is 25.5. The third-order valence-corrected chi connectivity index (χ3v) is 7.60. The zero-order valence-corrected chi connectivity index (χ0v) is 20.6. The summed E-state index contributed by atoms with van der Waals surface area (Å²) in [5.41, 5.74) is 0. The van der Waals surface area contributed by atoms with E-state index in [2.05, 4.69) is 36.3 Å². The number of piperazine rings is 1. The number of aromatic nitrogens is 2. The quantitative estimate of drug-likeness (QED) is 0.435. The Labute approximate surface area is 205 Å². The largest absolute Gasteiger partial charge is 0.481 e. The van der Waals surface area contributed by atoms with Gasteiger partial charge in [0.15, 0.2) is 6.23 Å². The van der Waals surface area contributed by atoms with Crippen molar-refractivity contribution in [3.63, 3.8) is 0 Å². The number of carbonyl (C=O) groups is 2. The molecule has 35 heavy (non-hydrogen) atoms. The Hall–Kier alpha value is -2.60. The third-order valence-electron chi connectivity index (χ3n) is 7.60.